The molecule has 2 rings (SSSR count). The summed E-state index contributed by atoms with van der Waals surface area (Å²) in [6, 6.07) is 6.13. The minimum absolute atomic E-state index is 0.0991. The summed E-state index contributed by atoms with van der Waals surface area (Å²) in [5, 5.41) is 8.73. The van der Waals surface area contributed by atoms with Crippen LogP contribution in [-0.2, 0) is 21.2 Å². The number of hydrogen-bond donors (Lipinski definition) is 1. The highest BCUT2D eigenvalue weighted by molar-refractivity contribution is 7.89. The highest BCUT2D eigenvalue weighted by Gasteiger charge is 2.31. The van der Waals surface area contributed by atoms with Crippen LogP contribution in [0, 0.1) is 11.8 Å². The zero-order valence-electron chi connectivity index (χ0n) is 12.3. The van der Waals surface area contributed by atoms with E-state index < -0.39 is 16.0 Å². The predicted molar refractivity (Wildman–Crippen MR) is 79.5 cm³/mol. The number of aliphatic carboxylic acids is 1. The van der Waals surface area contributed by atoms with Crippen molar-refractivity contribution in [2.24, 2.45) is 11.8 Å². The molecule has 2 atom stereocenters. The molecule has 1 aromatic rings. The molecule has 5 nitrogen and oxygen atoms in total. The van der Waals surface area contributed by atoms with Gasteiger partial charge < -0.3 is 5.11 Å². The Morgan fingerprint density at radius 2 is 1.71 bits per heavy atom. The van der Waals surface area contributed by atoms with Crippen LogP contribution < -0.4 is 0 Å². The molecule has 1 heterocycles. The lowest BCUT2D eigenvalue weighted by Crippen LogP contribution is -2.42. The van der Waals surface area contributed by atoms with Crippen LogP contribution in [-0.4, -0.2) is 36.9 Å². The van der Waals surface area contributed by atoms with Crippen LogP contribution in [0.25, 0.3) is 0 Å². The molecular weight excluding hydrogens is 290 g/mol. The first kappa shape index (κ1) is 16.0. The lowest BCUT2D eigenvalue weighted by atomic mass is 9.94. The van der Waals surface area contributed by atoms with E-state index in [0.717, 1.165) is 6.42 Å². The van der Waals surface area contributed by atoms with Gasteiger partial charge in [0, 0.05) is 13.1 Å². The molecule has 2 unspecified atom stereocenters. The van der Waals surface area contributed by atoms with E-state index in [9.17, 15) is 13.2 Å². The summed E-state index contributed by atoms with van der Waals surface area (Å²) in [6.45, 7) is 5.22. The highest BCUT2D eigenvalue weighted by Crippen LogP contribution is 2.26. The number of hydrogen-bond acceptors (Lipinski definition) is 3. The molecule has 6 heteroatoms. The Kier molecular flexibility index (Phi) is 4.68. The van der Waals surface area contributed by atoms with Crippen molar-refractivity contribution in [3.63, 3.8) is 0 Å². The van der Waals surface area contributed by atoms with Gasteiger partial charge >= 0.3 is 5.97 Å². The van der Waals surface area contributed by atoms with E-state index in [1.165, 1.54) is 16.4 Å². The quantitative estimate of drug-likeness (QED) is 0.922. The van der Waals surface area contributed by atoms with Crippen molar-refractivity contribution >= 4 is 16.0 Å². The lowest BCUT2D eigenvalue weighted by molar-refractivity contribution is -0.136. The minimum atomic E-state index is -3.49. The van der Waals surface area contributed by atoms with Crippen molar-refractivity contribution in [2.75, 3.05) is 13.1 Å². The van der Waals surface area contributed by atoms with E-state index in [0.29, 0.717) is 30.5 Å². The molecule has 0 saturated carbocycles. The third-order valence-electron chi connectivity index (χ3n) is 3.75. The van der Waals surface area contributed by atoms with Gasteiger partial charge in [-0.15, -0.1) is 0 Å². The van der Waals surface area contributed by atoms with Crippen molar-refractivity contribution in [1.29, 1.82) is 0 Å². The fraction of sp³-hybridized carbons (Fsp3) is 0.533. The molecule has 116 valence electrons. The van der Waals surface area contributed by atoms with Gasteiger partial charge in [0.25, 0.3) is 0 Å². The van der Waals surface area contributed by atoms with E-state index in [4.69, 9.17) is 5.11 Å². The van der Waals surface area contributed by atoms with E-state index in [1.807, 2.05) is 0 Å². The van der Waals surface area contributed by atoms with Crippen molar-refractivity contribution in [3.8, 4) is 0 Å². The molecule has 1 fully saturated rings. The number of rotatable bonds is 4. The Morgan fingerprint density at radius 3 is 2.19 bits per heavy atom. The standard InChI is InChI=1S/C15H21NO4S/c1-11-7-12(2)10-16(9-11)21(19,20)14-5-3-13(4-6-14)8-15(17)18/h3-6,11-12H,7-10H2,1-2H3,(H,17,18). The second-order valence-corrected chi connectivity index (χ2v) is 7.92. The Hall–Kier alpha value is -1.40. The fourth-order valence-corrected chi connectivity index (χ4v) is 4.58. The highest BCUT2D eigenvalue weighted by atomic mass is 32.2. The van der Waals surface area contributed by atoms with E-state index >= 15 is 0 Å². The SMILES string of the molecule is CC1CC(C)CN(S(=O)(=O)c2ccc(CC(=O)O)cc2)C1. The monoisotopic (exact) mass is 311 g/mol. The van der Waals surface area contributed by atoms with Crippen molar-refractivity contribution < 1.29 is 18.3 Å². The molecule has 0 bridgehead atoms. The van der Waals surface area contributed by atoms with Gasteiger partial charge in [-0.2, -0.15) is 4.31 Å². The number of nitrogens with zero attached hydrogens (tertiary/aromatic N) is 1. The van der Waals surface area contributed by atoms with Gasteiger partial charge in [-0.25, -0.2) is 8.42 Å². The molecule has 21 heavy (non-hydrogen) atoms. The second-order valence-electron chi connectivity index (χ2n) is 5.98. The van der Waals surface area contributed by atoms with E-state index in [2.05, 4.69) is 13.8 Å². The Balaban J connectivity index is 2.21. The normalized spacial score (nSPS) is 23.9. The fourth-order valence-electron chi connectivity index (χ4n) is 2.90. The third kappa shape index (κ3) is 3.83. The molecule has 0 radical (unpaired) electrons. The van der Waals surface area contributed by atoms with Crippen LogP contribution in [0.5, 0.6) is 0 Å². The first-order chi connectivity index (χ1) is 9.79. The summed E-state index contributed by atoms with van der Waals surface area (Å²) in [4.78, 5) is 10.9. The van der Waals surface area contributed by atoms with Gasteiger partial charge in [0.15, 0.2) is 0 Å². The Morgan fingerprint density at radius 1 is 1.19 bits per heavy atom. The van der Waals surface area contributed by atoms with Crippen LogP contribution in [0.2, 0.25) is 0 Å². The largest absolute Gasteiger partial charge is 0.481 e. The van der Waals surface area contributed by atoms with Crippen LogP contribution in [0.15, 0.2) is 29.2 Å². The number of carboxylic acid groups (broad SMARTS) is 1. The number of carbonyl (C=O) groups is 1. The molecule has 0 spiro atoms. The molecule has 1 aromatic carbocycles. The first-order valence-electron chi connectivity index (χ1n) is 7.10. The molecule has 0 amide bonds. The summed E-state index contributed by atoms with van der Waals surface area (Å²) >= 11 is 0. The van der Waals surface area contributed by atoms with Crippen molar-refractivity contribution in [2.45, 2.75) is 31.6 Å². The maximum atomic E-state index is 12.6. The summed E-state index contributed by atoms with van der Waals surface area (Å²) < 4.78 is 26.8. The summed E-state index contributed by atoms with van der Waals surface area (Å²) in [5.74, 6) is -0.214. The van der Waals surface area contributed by atoms with Gasteiger partial charge in [-0.05, 0) is 36.0 Å². The number of sulfonamides is 1. The predicted octanol–water partition coefficient (Wildman–Crippen LogP) is 1.98. The summed E-state index contributed by atoms with van der Waals surface area (Å²) in [5.41, 5.74) is 0.599. The minimum Gasteiger partial charge on any atom is -0.481 e. The van der Waals surface area contributed by atoms with Gasteiger partial charge in [-0.3, -0.25) is 4.79 Å². The third-order valence-corrected chi connectivity index (χ3v) is 5.60. The van der Waals surface area contributed by atoms with Crippen molar-refractivity contribution in [3.05, 3.63) is 29.8 Å². The molecular formula is C15H21NO4S. The Labute approximate surface area is 125 Å². The number of carboxylic acids is 1. The smallest absolute Gasteiger partial charge is 0.307 e. The first-order valence-corrected chi connectivity index (χ1v) is 8.54. The van der Waals surface area contributed by atoms with Crippen LogP contribution >= 0.6 is 0 Å². The topological polar surface area (TPSA) is 74.7 Å². The van der Waals surface area contributed by atoms with Crippen LogP contribution in [0.4, 0.5) is 0 Å². The summed E-state index contributed by atoms with van der Waals surface area (Å²) in [6.07, 6.45) is 0.946. The molecule has 1 aliphatic heterocycles. The Bertz CT molecular complexity index is 599. The molecule has 0 aromatic heterocycles. The van der Waals surface area contributed by atoms with Gasteiger partial charge in [0.05, 0.1) is 11.3 Å². The molecule has 0 aliphatic carbocycles. The molecule has 1 aliphatic rings. The lowest BCUT2D eigenvalue weighted by Gasteiger charge is -2.34. The van der Waals surface area contributed by atoms with Crippen molar-refractivity contribution in [1.82, 2.24) is 4.31 Å². The second kappa shape index (κ2) is 6.15. The number of piperidine rings is 1. The van der Waals surface area contributed by atoms with E-state index in [1.54, 1.807) is 12.1 Å². The molecule has 1 N–H and O–H groups in total. The van der Waals surface area contributed by atoms with Gasteiger partial charge in [0.2, 0.25) is 10.0 Å². The average Bonchev–Trinajstić information content (AvgIpc) is 2.37. The average molecular weight is 311 g/mol. The zero-order chi connectivity index (χ0) is 15.6. The van der Waals surface area contributed by atoms with Crippen LogP contribution in [0.1, 0.15) is 25.8 Å². The molecule has 1 saturated heterocycles. The van der Waals surface area contributed by atoms with Gasteiger partial charge in [-0.1, -0.05) is 26.0 Å². The van der Waals surface area contributed by atoms with Gasteiger partial charge in [0.1, 0.15) is 0 Å². The summed E-state index contributed by atoms with van der Waals surface area (Å²) in [7, 11) is -3.49. The zero-order valence-corrected chi connectivity index (χ0v) is 13.1. The maximum Gasteiger partial charge on any atom is 0.307 e. The van der Waals surface area contributed by atoms with Crippen LogP contribution in [0.3, 0.4) is 0 Å². The maximum absolute atomic E-state index is 12.6. The van der Waals surface area contributed by atoms with E-state index in [-0.39, 0.29) is 11.3 Å². The number of benzene rings is 1.